The quantitative estimate of drug-likeness (QED) is 0.645. The maximum atomic E-state index is 12.9. The van der Waals surface area contributed by atoms with Crippen LogP contribution in [0.15, 0.2) is 29.3 Å². The number of nitrogen functional groups attached to an aromatic ring is 1. The van der Waals surface area contributed by atoms with Crippen molar-refractivity contribution in [3.8, 4) is 10.6 Å². The molecule has 0 saturated carbocycles. The molecule has 4 rings (SSSR count). The van der Waals surface area contributed by atoms with Gasteiger partial charge in [-0.1, -0.05) is 11.3 Å². The molecule has 0 aromatic carbocycles. The van der Waals surface area contributed by atoms with E-state index in [1.54, 1.807) is 6.07 Å². The summed E-state index contributed by atoms with van der Waals surface area (Å²) in [7, 11) is 0. The van der Waals surface area contributed by atoms with Crippen LogP contribution in [0.25, 0.3) is 15.5 Å². The lowest BCUT2D eigenvalue weighted by molar-refractivity contribution is 0.0240. The molecule has 10 nitrogen and oxygen atoms in total. The summed E-state index contributed by atoms with van der Waals surface area (Å²) >= 11 is 0.865. The number of fused-ring (bicyclic) bond motifs is 1. The van der Waals surface area contributed by atoms with Crippen molar-refractivity contribution in [3.05, 3.63) is 34.9 Å². The van der Waals surface area contributed by atoms with Crippen LogP contribution < -0.4 is 16.2 Å². The predicted molar refractivity (Wildman–Crippen MR) is 115 cm³/mol. The van der Waals surface area contributed by atoms with Gasteiger partial charge in [0.05, 0.1) is 16.7 Å². The molecule has 1 amide bonds. The summed E-state index contributed by atoms with van der Waals surface area (Å²) in [5, 5.41) is 4.41. The zero-order valence-electron chi connectivity index (χ0n) is 24.2. The molecule has 0 unspecified atom stereocenters. The number of rotatable bonds is 2. The van der Waals surface area contributed by atoms with Crippen LogP contribution in [-0.4, -0.2) is 62.2 Å². The molecule has 1 aliphatic rings. The number of carbonyl (C=O) groups is 1. The highest BCUT2D eigenvalue weighted by atomic mass is 32.1. The van der Waals surface area contributed by atoms with Gasteiger partial charge in [-0.15, -0.1) is 0 Å². The Morgan fingerprint density at radius 2 is 1.97 bits per heavy atom. The molecular formula is C19H23N7O3S. The number of carbonyl (C=O) groups excluding carboxylic acids is 1. The van der Waals surface area contributed by atoms with E-state index in [1.165, 1.54) is 33.2 Å². The Morgan fingerprint density at radius 1 is 1.23 bits per heavy atom. The summed E-state index contributed by atoms with van der Waals surface area (Å²) in [6.07, 6.45) is 1.24. The molecule has 0 spiro atoms. The molecule has 30 heavy (non-hydrogen) atoms. The van der Waals surface area contributed by atoms with Gasteiger partial charge >= 0.3 is 6.09 Å². The lowest BCUT2D eigenvalue weighted by Gasteiger charge is -2.36. The highest BCUT2D eigenvalue weighted by Gasteiger charge is 2.27. The third kappa shape index (κ3) is 4.20. The minimum Gasteiger partial charge on any atom is -0.444 e. The van der Waals surface area contributed by atoms with Crippen molar-refractivity contribution in [2.75, 3.05) is 36.6 Å². The van der Waals surface area contributed by atoms with E-state index in [0.717, 1.165) is 15.9 Å². The molecular weight excluding hydrogens is 406 g/mol. The van der Waals surface area contributed by atoms with Gasteiger partial charge < -0.3 is 20.3 Å². The number of piperazine rings is 1. The molecule has 0 atom stereocenters. The van der Waals surface area contributed by atoms with Crippen molar-refractivity contribution in [2.45, 2.75) is 26.4 Å². The zero-order valence-corrected chi connectivity index (χ0v) is 17.0. The first-order chi connectivity index (χ1) is 17.2. The second-order valence-corrected chi connectivity index (χ2v) is 8.12. The minimum absolute atomic E-state index is 0.0870. The monoisotopic (exact) mass is 437 g/mol. The molecule has 3 aromatic rings. The fourth-order valence-electron chi connectivity index (χ4n) is 2.37. The van der Waals surface area contributed by atoms with Crippen molar-refractivity contribution >= 4 is 33.9 Å². The maximum absolute atomic E-state index is 12.9. The van der Waals surface area contributed by atoms with Crippen molar-refractivity contribution in [1.29, 1.82) is 0 Å². The number of ether oxygens (including phenoxy) is 1. The molecule has 3 aromatic heterocycles. The Labute approximate surface area is 188 Å². The molecule has 1 aliphatic heterocycles. The number of pyridine rings is 1. The van der Waals surface area contributed by atoms with Crippen LogP contribution in [0.2, 0.25) is 0 Å². The van der Waals surface area contributed by atoms with Crippen molar-refractivity contribution in [3.63, 3.8) is 0 Å². The van der Waals surface area contributed by atoms with E-state index in [0.29, 0.717) is 17.3 Å². The minimum atomic E-state index is -3.50. The van der Waals surface area contributed by atoms with E-state index in [9.17, 15) is 9.59 Å². The molecule has 1 saturated heterocycles. The lowest BCUT2D eigenvalue weighted by Crippen LogP contribution is -2.50. The number of anilines is 2. The van der Waals surface area contributed by atoms with Gasteiger partial charge in [-0.25, -0.2) is 9.78 Å². The molecule has 11 heteroatoms. The van der Waals surface area contributed by atoms with Crippen LogP contribution in [-0.2, 0) is 4.74 Å². The molecule has 1 fully saturated rings. The van der Waals surface area contributed by atoms with Crippen LogP contribution in [0.1, 0.15) is 31.7 Å². The molecule has 4 heterocycles. The smallest absolute Gasteiger partial charge is 0.410 e. The highest BCUT2D eigenvalue weighted by Crippen LogP contribution is 2.26. The Balaban J connectivity index is 1.88. The molecule has 0 bridgehead atoms. The average Bonchev–Trinajstić information content (AvgIpc) is 3.15. The van der Waals surface area contributed by atoms with Gasteiger partial charge in [0.1, 0.15) is 16.4 Å². The predicted octanol–water partition coefficient (Wildman–Crippen LogP) is 1.85. The first-order valence-electron chi connectivity index (χ1n) is 12.7. The van der Waals surface area contributed by atoms with E-state index in [1.807, 2.05) is 0 Å². The third-order valence-electron chi connectivity index (χ3n) is 3.59. The van der Waals surface area contributed by atoms with E-state index in [4.69, 9.17) is 21.4 Å². The number of nitrogens with two attached hydrogens (primary N) is 1. The van der Waals surface area contributed by atoms with E-state index in [-0.39, 0.29) is 19.8 Å². The number of hydrogen-bond donors (Lipinski definition) is 1. The van der Waals surface area contributed by atoms with Gasteiger partial charge in [-0.05, 0) is 26.8 Å². The second kappa shape index (κ2) is 7.56. The fraction of sp³-hybridized carbons (Fsp3) is 0.421. The molecule has 2 N–H and O–H groups in total. The summed E-state index contributed by atoms with van der Waals surface area (Å²) in [4.78, 5) is 33.6. The van der Waals surface area contributed by atoms with Crippen LogP contribution in [0.3, 0.4) is 0 Å². The summed E-state index contributed by atoms with van der Waals surface area (Å²) in [5.41, 5.74) is 4.44. The Hall–Kier alpha value is -3.21. The van der Waals surface area contributed by atoms with Crippen molar-refractivity contribution < 1.29 is 20.5 Å². The summed E-state index contributed by atoms with van der Waals surface area (Å²) < 4.78 is 73.7. The highest BCUT2D eigenvalue weighted by molar-refractivity contribution is 7.19. The van der Waals surface area contributed by atoms with E-state index < -0.39 is 49.1 Å². The zero-order chi connectivity index (χ0) is 28.6. The van der Waals surface area contributed by atoms with Crippen molar-refractivity contribution in [1.82, 2.24) is 24.5 Å². The topological polar surface area (TPSA) is 119 Å². The Bertz CT molecular complexity index is 1460. The van der Waals surface area contributed by atoms with Gasteiger partial charge in [0.25, 0.3) is 5.56 Å². The fourth-order valence-corrected chi connectivity index (χ4v) is 3.26. The van der Waals surface area contributed by atoms with Crippen LogP contribution >= 0.6 is 11.3 Å². The maximum Gasteiger partial charge on any atom is 0.410 e. The van der Waals surface area contributed by atoms with Gasteiger partial charge in [-0.2, -0.15) is 9.61 Å². The first-order valence-corrected chi connectivity index (χ1v) is 9.49. The third-order valence-corrected chi connectivity index (χ3v) is 4.55. The van der Waals surface area contributed by atoms with E-state index in [2.05, 4.69) is 15.1 Å². The first kappa shape index (κ1) is 12.5. The van der Waals surface area contributed by atoms with Gasteiger partial charge in [0.2, 0.25) is 4.96 Å². The molecule has 0 radical (unpaired) electrons. The van der Waals surface area contributed by atoms with Crippen LogP contribution in [0, 0.1) is 0 Å². The number of hydrogen-bond acceptors (Lipinski definition) is 9. The van der Waals surface area contributed by atoms with E-state index >= 15 is 0 Å². The standard InChI is InChI=1S/C19H23N7O3S/c1-19(2,3)29-18(28)25-6-4-24(5-7-25)14-9-15(27)26-17(22-14)30-16(23-26)12-8-13(20)11-21-10-12/h8-11H,4-7,20H2,1-3H3/i4D2,5D2,6D2,7D2. The molecule has 0 aliphatic carbocycles. The second-order valence-electron chi connectivity index (χ2n) is 7.16. The summed E-state index contributed by atoms with van der Waals surface area (Å²) in [6.45, 7) is -9.57. The Morgan fingerprint density at radius 3 is 2.63 bits per heavy atom. The van der Waals surface area contributed by atoms with Gasteiger partial charge in [0, 0.05) is 50.0 Å². The lowest BCUT2D eigenvalue weighted by atomic mass is 10.2. The number of amides is 1. The van der Waals surface area contributed by atoms with Gasteiger partial charge in [-0.3, -0.25) is 9.78 Å². The average molecular weight is 438 g/mol. The van der Waals surface area contributed by atoms with Gasteiger partial charge in [0.15, 0.2) is 0 Å². The van der Waals surface area contributed by atoms with Crippen molar-refractivity contribution in [2.24, 2.45) is 0 Å². The number of aromatic nitrogens is 4. The normalized spacial score (nSPS) is 25.6. The summed E-state index contributed by atoms with van der Waals surface area (Å²) in [5.74, 6) is -0.706. The summed E-state index contributed by atoms with van der Waals surface area (Å²) in [6, 6.07) is 2.26. The largest absolute Gasteiger partial charge is 0.444 e. The number of nitrogens with zero attached hydrogens (tertiary/aromatic N) is 6. The van der Waals surface area contributed by atoms with Crippen LogP contribution in [0.4, 0.5) is 16.3 Å². The SMILES string of the molecule is [2H]C1([2H])N(C(=O)OC(C)(C)C)C([2H])([2H])C([2H])([2H])N(c2cc(=O)n3nc(-c4cncc(N)c4)sc3n2)C1([2H])[2H]. The molecule has 158 valence electrons. The Kier molecular flexibility index (Phi) is 3.14. The van der Waals surface area contributed by atoms with Crippen LogP contribution in [0.5, 0.6) is 0 Å².